The van der Waals surface area contributed by atoms with Gasteiger partial charge in [0.15, 0.2) is 5.75 Å². The van der Waals surface area contributed by atoms with Gasteiger partial charge in [0.05, 0.1) is 15.7 Å². The molecule has 2 N–H and O–H groups in total. The molecule has 3 aromatic rings. The zero-order valence-corrected chi connectivity index (χ0v) is 13.1. The van der Waals surface area contributed by atoms with E-state index in [-0.39, 0.29) is 0 Å². The number of anilines is 1. The summed E-state index contributed by atoms with van der Waals surface area (Å²) in [5, 5.41) is 0.811. The van der Waals surface area contributed by atoms with Crippen molar-refractivity contribution in [1.82, 2.24) is 0 Å². The van der Waals surface area contributed by atoms with E-state index in [1.165, 1.54) is 0 Å². The Labute approximate surface area is 139 Å². The van der Waals surface area contributed by atoms with Gasteiger partial charge in [-0.15, -0.1) is 0 Å². The zero-order chi connectivity index (χ0) is 15.5. The van der Waals surface area contributed by atoms with Gasteiger partial charge in [-0.1, -0.05) is 71.7 Å². The van der Waals surface area contributed by atoms with Crippen LogP contribution < -0.4 is 10.5 Å². The quantitative estimate of drug-likeness (QED) is 0.595. The molecule has 0 fully saturated rings. The lowest BCUT2D eigenvalue weighted by molar-refractivity contribution is 0.487. The summed E-state index contributed by atoms with van der Waals surface area (Å²) in [7, 11) is 0. The van der Waals surface area contributed by atoms with Crippen LogP contribution in [0.3, 0.4) is 0 Å². The Bertz CT molecular complexity index is 803. The Morgan fingerprint density at radius 1 is 0.727 bits per heavy atom. The molecule has 0 aliphatic rings. The summed E-state index contributed by atoms with van der Waals surface area (Å²) in [4.78, 5) is 0. The minimum Gasteiger partial charge on any atom is -0.454 e. The maximum atomic E-state index is 6.04. The summed E-state index contributed by atoms with van der Waals surface area (Å²) < 4.78 is 5.96. The zero-order valence-electron chi connectivity index (χ0n) is 11.6. The molecule has 0 unspecified atom stereocenters. The van der Waals surface area contributed by atoms with Crippen molar-refractivity contribution in [3.63, 3.8) is 0 Å². The van der Waals surface area contributed by atoms with Gasteiger partial charge in [0.1, 0.15) is 5.75 Å². The molecule has 0 saturated heterocycles. The number of halogens is 2. The number of rotatable bonds is 3. The Kier molecular flexibility index (Phi) is 4.23. The van der Waals surface area contributed by atoms with Crippen molar-refractivity contribution in [2.24, 2.45) is 0 Å². The summed E-state index contributed by atoms with van der Waals surface area (Å²) in [6, 6.07) is 21.0. The van der Waals surface area contributed by atoms with Crippen molar-refractivity contribution < 1.29 is 4.74 Å². The molecule has 0 heterocycles. The van der Waals surface area contributed by atoms with E-state index >= 15 is 0 Å². The first-order chi connectivity index (χ1) is 10.6. The molecule has 0 aliphatic heterocycles. The molecule has 2 nitrogen and oxygen atoms in total. The van der Waals surface area contributed by atoms with Crippen molar-refractivity contribution in [1.29, 1.82) is 0 Å². The molecule has 0 aromatic heterocycles. The number of hydrogen-bond acceptors (Lipinski definition) is 2. The third-order valence-corrected chi connectivity index (χ3v) is 3.97. The standard InChI is InChI=1S/C18H13Cl2NO/c19-14-10-16(21)18(11-15(14)20)22-17-9-5-4-8-13(17)12-6-2-1-3-7-12/h1-11H,21H2. The highest BCUT2D eigenvalue weighted by Gasteiger charge is 2.11. The lowest BCUT2D eigenvalue weighted by Crippen LogP contribution is -1.94. The van der Waals surface area contributed by atoms with Crippen LogP contribution >= 0.6 is 23.2 Å². The Morgan fingerprint density at radius 3 is 2.14 bits per heavy atom. The largest absolute Gasteiger partial charge is 0.454 e. The van der Waals surface area contributed by atoms with Crippen LogP contribution in [-0.2, 0) is 0 Å². The van der Waals surface area contributed by atoms with Crippen LogP contribution in [0.1, 0.15) is 0 Å². The minimum atomic E-state index is 0.405. The molecule has 0 spiro atoms. The van der Waals surface area contributed by atoms with Crippen molar-refractivity contribution in [2.75, 3.05) is 5.73 Å². The van der Waals surface area contributed by atoms with E-state index in [0.29, 0.717) is 27.2 Å². The fourth-order valence-corrected chi connectivity index (χ4v) is 2.49. The van der Waals surface area contributed by atoms with Crippen LogP contribution in [0.5, 0.6) is 11.5 Å². The van der Waals surface area contributed by atoms with E-state index < -0.39 is 0 Å². The van der Waals surface area contributed by atoms with Gasteiger partial charge >= 0.3 is 0 Å². The van der Waals surface area contributed by atoms with Gasteiger partial charge in [-0.2, -0.15) is 0 Å². The maximum absolute atomic E-state index is 6.04. The number of hydrogen-bond donors (Lipinski definition) is 1. The second-order valence-corrected chi connectivity index (χ2v) is 5.58. The van der Waals surface area contributed by atoms with E-state index in [1.54, 1.807) is 12.1 Å². The maximum Gasteiger partial charge on any atom is 0.151 e. The number of benzene rings is 3. The second-order valence-electron chi connectivity index (χ2n) is 4.77. The van der Waals surface area contributed by atoms with Crippen molar-refractivity contribution in [2.45, 2.75) is 0 Å². The van der Waals surface area contributed by atoms with Crippen LogP contribution in [0.2, 0.25) is 10.0 Å². The van der Waals surface area contributed by atoms with Crippen LogP contribution in [0.25, 0.3) is 11.1 Å². The molecule has 0 saturated carbocycles. The smallest absolute Gasteiger partial charge is 0.151 e. The van der Waals surface area contributed by atoms with Crippen molar-refractivity contribution >= 4 is 28.9 Å². The Morgan fingerprint density at radius 2 is 1.36 bits per heavy atom. The van der Waals surface area contributed by atoms with E-state index in [0.717, 1.165) is 11.1 Å². The summed E-state index contributed by atoms with van der Waals surface area (Å²) in [6.45, 7) is 0. The number of para-hydroxylation sites is 1. The molecule has 0 aliphatic carbocycles. The molecular formula is C18H13Cl2NO. The lowest BCUT2D eigenvalue weighted by Gasteiger charge is -2.13. The van der Waals surface area contributed by atoms with Gasteiger partial charge < -0.3 is 10.5 Å². The van der Waals surface area contributed by atoms with Crippen molar-refractivity contribution in [3.05, 3.63) is 76.8 Å². The highest BCUT2D eigenvalue weighted by Crippen LogP contribution is 2.38. The third-order valence-electron chi connectivity index (χ3n) is 3.24. The molecule has 110 valence electrons. The molecule has 22 heavy (non-hydrogen) atoms. The fourth-order valence-electron chi connectivity index (χ4n) is 2.16. The van der Waals surface area contributed by atoms with Crippen LogP contribution in [0.4, 0.5) is 5.69 Å². The van der Waals surface area contributed by atoms with Gasteiger partial charge in [-0.3, -0.25) is 0 Å². The first kappa shape index (κ1) is 14.8. The Hall–Kier alpha value is -2.16. The third kappa shape index (κ3) is 3.03. The van der Waals surface area contributed by atoms with E-state index in [2.05, 4.69) is 0 Å². The van der Waals surface area contributed by atoms with Crippen LogP contribution in [0, 0.1) is 0 Å². The molecule has 0 bridgehead atoms. The van der Waals surface area contributed by atoms with E-state index in [1.807, 2.05) is 54.6 Å². The number of nitrogen functional groups attached to an aromatic ring is 1. The van der Waals surface area contributed by atoms with Crippen LogP contribution in [-0.4, -0.2) is 0 Å². The average Bonchev–Trinajstić information content (AvgIpc) is 2.54. The summed E-state index contributed by atoms with van der Waals surface area (Å²) >= 11 is 12.0. The molecule has 4 heteroatoms. The Balaban J connectivity index is 2.02. The average molecular weight is 330 g/mol. The SMILES string of the molecule is Nc1cc(Cl)c(Cl)cc1Oc1ccccc1-c1ccccc1. The fraction of sp³-hybridized carbons (Fsp3) is 0. The van der Waals surface area contributed by atoms with Gasteiger partial charge in [0, 0.05) is 11.6 Å². The molecule has 0 radical (unpaired) electrons. The summed E-state index contributed by atoms with van der Waals surface area (Å²) in [5.74, 6) is 1.19. The summed E-state index contributed by atoms with van der Waals surface area (Å²) in [5.41, 5.74) is 8.45. The topological polar surface area (TPSA) is 35.2 Å². The first-order valence-electron chi connectivity index (χ1n) is 6.72. The highest BCUT2D eigenvalue weighted by molar-refractivity contribution is 6.42. The molecule has 0 amide bonds. The number of ether oxygens (including phenoxy) is 1. The van der Waals surface area contributed by atoms with Gasteiger partial charge in [-0.25, -0.2) is 0 Å². The second kappa shape index (κ2) is 6.30. The summed E-state index contributed by atoms with van der Waals surface area (Å²) in [6.07, 6.45) is 0. The molecule has 0 atom stereocenters. The lowest BCUT2D eigenvalue weighted by atomic mass is 10.0. The minimum absolute atomic E-state index is 0.405. The van der Waals surface area contributed by atoms with E-state index in [9.17, 15) is 0 Å². The van der Waals surface area contributed by atoms with Gasteiger partial charge in [-0.05, 0) is 17.7 Å². The van der Waals surface area contributed by atoms with Crippen LogP contribution in [0.15, 0.2) is 66.7 Å². The van der Waals surface area contributed by atoms with Gasteiger partial charge in [0.25, 0.3) is 0 Å². The first-order valence-corrected chi connectivity index (χ1v) is 7.47. The predicted octanol–water partition coefficient (Wildman–Crippen LogP) is 6.03. The molecular weight excluding hydrogens is 317 g/mol. The van der Waals surface area contributed by atoms with Crippen molar-refractivity contribution in [3.8, 4) is 22.6 Å². The van der Waals surface area contributed by atoms with E-state index in [4.69, 9.17) is 33.7 Å². The number of nitrogens with two attached hydrogens (primary N) is 1. The highest BCUT2D eigenvalue weighted by atomic mass is 35.5. The normalized spacial score (nSPS) is 10.5. The predicted molar refractivity (Wildman–Crippen MR) is 92.8 cm³/mol. The molecule has 3 rings (SSSR count). The van der Waals surface area contributed by atoms with Gasteiger partial charge in [0.2, 0.25) is 0 Å². The monoisotopic (exact) mass is 329 g/mol. The molecule has 3 aromatic carbocycles.